The summed E-state index contributed by atoms with van der Waals surface area (Å²) in [4.78, 5) is 0. The maximum absolute atomic E-state index is 3.19. The van der Waals surface area contributed by atoms with Crippen LogP contribution in [0.5, 0.6) is 0 Å². The summed E-state index contributed by atoms with van der Waals surface area (Å²) in [5.41, 5.74) is 4.54. The van der Waals surface area contributed by atoms with Gasteiger partial charge in [0.05, 0.1) is 0 Å². The van der Waals surface area contributed by atoms with Crippen LogP contribution in [0.1, 0.15) is 19.8 Å². The van der Waals surface area contributed by atoms with Crippen molar-refractivity contribution in [2.24, 2.45) is 0 Å². The van der Waals surface area contributed by atoms with Gasteiger partial charge in [-0.25, -0.2) is 0 Å². The first kappa shape index (κ1) is 8.60. The van der Waals surface area contributed by atoms with E-state index in [1.807, 2.05) is 7.05 Å². The summed E-state index contributed by atoms with van der Waals surface area (Å²) in [5.74, 6) is 0. The maximum Gasteiger partial charge on any atom is 0.134 e. The molecule has 0 saturated carbocycles. The molecule has 1 aliphatic carbocycles. The maximum atomic E-state index is 3.19. The van der Waals surface area contributed by atoms with E-state index in [4.69, 9.17) is 0 Å². The molecular weight excluding hydrogens is 133 g/mol. The number of nitrogens with one attached hydrogen (secondary N) is 1. The quantitative estimate of drug-likeness (QED) is 0.573. The van der Waals surface area contributed by atoms with Crippen molar-refractivity contribution in [2.75, 3.05) is 13.6 Å². The van der Waals surface area contributed by atoms with Crippen LogP contribution < -0.4 is 5.32 Å². The molecule has 0 aliphatic heterocycles. The van der Waals surface area contributed by atoms with Gasteiger partial charge in [-0.3, -0.25) is 0 Å². The van der Waals surface area contributed by atoms with Gasteiger partial charge in [-0.2, -0.15) is 0 Å². The zero-order chi connectivity index (χ0) is 8.27. The monoisotopic (exact) mass is 149 g/mol. The van der Waals surface area contributed by atoms with E-state index < -0.39 is 0 Å². The summed E-state index contributed by atoms with van der Waals surface area (Å²) in [5, 5.41) is 3.19. The van der Waals surface area contributed by atoms with Crippen LogP contribution in [-0.2, 0) is 0 Å². The first-order chi connectivity index (χ1) is 5.24. The Morgan fingerprint density at radius 1 is 1.55 bits per heavy atom. The molecule has 0 aromatic rings. The highest BCUT2D eigenvalue weighted by Gasteiger charge is 2.05. The predicted octanol–water partition coefficient (Wildman–Crippen LogP) is 0.833. The van der Waals surface area contributed by atoms with Gasteiger partial charge >= 0.3 is 0 Å². The molecule has 0 bridgehead atoms. The lowest BCUT2D eigenvalue weighted by Gasteiger charge is -2.15. The van der Waals surface area contributed by atoms with Crippen molar-refractivity contribution >= 4 is 7.85 Å². The third kappa shape index (κ3) is 2.23. The molecule has 0 spiro atoms. The van der Waals surface area contributed by atoms with E-state index in [0.29, 0.717) is 0 Å². The minimum absolute atomic E-state index is 1.02. The first-order valence-electron chi connectivity index (χ1n) is 4.24. The van der Waals surface area contributed by atoms with Crippen LogP contribution in [0, 0.1) is 0 Å². The molecule has 1 nitrogen and oxygen atoms in total. The third-order valence-electron chi connectivity index (χ3n) is 2.23. The largest absolute Gasteiger partial charge is 0.316 e. The Kier molecular flexibility index (Phi) is 2.95. The second-order valence-corrected chi connectivity index (χ2v) is 3.33. The molecule has 1 rings (SSSR count). The summed E-state index contributed by atoms with van der Waals surface area (Å²) < 4.78 is 0. The summed E-state index contributed by atoms with van der Waals surface area (Å²) >= 11 is 0. The SMILES string of the molecule is BC1=C(CNC)C=C(C)CC1. The molecule has 0 atom stereocenters. The van der Waals surface area contributed by atoms with Gasteiger partial charge in [0.25, 0.3) is 0 Å². The Bertz CT molecular complexity index is 204. The number of hydrogen-bond acceptors (Lipinski definition) is 1. The van der Waals surface area contributed by atoms with Crippen LogP contribution in [0.2, 0.25) is 0 Å². The molecule has 0 aromatic heterocycles. The van der Waals surface area contributed by atoms with Crippen LogP contribution in [0.3, 0.4) is 0 Å². The van der Waals surface area contributed by atoms with Gasteiger partial charge in [-0.05, 0) is 32.4 Å². The smallest absolute Gasteiger partial charge is 0.134 e. The molecule has 0 unspecified atom stereocenters. The summed E-state index contributed by atoms with van der Waals surface area (Å²) in [6, 6.07) is 0. The van der Waals surface area contributed by atoms with Gasteiger partial charge in [0.2, 0.25) is 0 Å². The molecule has 1 aliphatic rings. The molecule has 1 N–H and O–H groups in total. The lowest BCUT2D eigenvalue weighted by Crippen LogP contribution is -2.13. The zero-order valence-electron chi connectivity index (χ0n) is 7.70. The predicted molar refractivity (Wildman–Crippen MR) is 52.5 cm³/mol. The highest BCUT2D eigenvalue weighted by atomic mass is 14.8. The molecule has 0 fully saturated rings. The highest BCUT2D eigenvalue weighted by molar-refractivity contribution is 6.22. The van der Waals surface area contributed by atoms with Crippen molar-refractivity contribution in [3.63, 3.8) is 0 Å². The molecule has 0 aromatic carbocycles. The van der Waals surface area contributed by atoms with Gasteiger partial charge in [-0.15, -0.1) is 5.47 Å². The highest BCUT2D eigenvalue weighted by Crippen LogP contribution is 2.20. The summed E-state index contributed by atoms with van der Waals surface area (Å²) in [6.45, 7) is 3.23. The lowest BCUT2D eigenvalue weighted by molar-refractivity contribution is 0.851. The molecule has 0 radical (unpaired) electrons. The number of likely N-dealkylation sites (N-methyl/N-ethyl adjacent to an activating group) is 1. The molecule has 0 heterocycles. The van der Waals surface area contributed by atoms with Gasteiger partial charge < -0.3 is 5.32 Å². The van der Waals surface area contributed by atoms with E-state index >= 15 is 0 Å². The van der Waals surface area contributed by atoms with Gasteiger partial charge in [0.1, 0.15) is 7.85 Å². The summed E-state index contributed by atoms with van der Waals surface area (Å²) in [6.07, 6.45) is 4.81. The topological polar surface area (TPSA) is 12.0 Å². The fourth-order valence-corrected chi connectivity index (χ4v) is 1.43. The van der Waals surface area contributed by atoms with Crippen molar-refractivity contribution in [1.29, 1.82) is 0 Å². The fraction of sp³-hybridized carbons (Fsp3) is 0.556. The van der Waals surface area contributed by atoms with Crippen molar-refractivity contribution < 1.29 is 0 Å². The molecule has 60 valence electrons. The number of rotatable bonds is 2. The zero-order valence-corrected chi connectivity index (χ0v) is 7.70. The van der Waals surface area contributed by atoms with Crippen LogP contribution in [0.25, 0.3) is 0 Å². The minimum Gasteiger partial charge on any atom is -0.316 e. The molecule has 2 heteroatoms. The Morgan fingerprint density at radius 3 is 2.91 bits per heavy atom. The van der Waals surface area contributed by atoms with Gasteiger partial charge in [-0.1, -0.05) is 11.6 Å². The molecular formula is C9H16BN. The van der Waals surface area contributed by atoms with Crippen molar-refractivity contribution in [3.8, 4) is 0 Å². The van der Waals surface area contributed by atoms with E-state index in [2.05, 4.69) is 26.2 Å². The second kappa shape index (κ2) is 3.77. The van der Waals surface area contributed by atoms with Gasteiger partial charge in [0.15, 0.2) is 0 Å². The Hall–Kier alpha value is -0.495. The van der Waals surface area contributed by atoms with E-state index in [0.717, 1.165) is 6.54 Å². The second-order valence-electron chi connectivity index (χ2n) is 3.33. The van der Waals surface area contributed by atoms with Crippen molar-refractivity contribution in [2.45, 2.75) is 19.8 Å². The molecule has 0 saturated heterocycles. The third-order valence-corrected chi connectivity index (χ3v) is 2.23. The molecule has 0 amide bonds. The average molecular weight is 149 g/mol. The van der Waals surface area contributed by atoms with E-state index in [1.165, 1.54) is 24.0 Å². The normalized spacial score (nSPS) is 18.5. The number of hydrogen-bond donors (Lipinski definition) is 1. The van der Waals surface area contributed by atoms with E-state index in [-0.39, 0.29) is 0 Å². The van der Waals surface area contributed by atoms with Crippen LogP contribution in [0.15, 0.2) is 22.7 Å². The van der Waals surface area contributed by atoms with Crippen molar-refractivity contribution in [3.05, 3.63) is 22.7 Å². The summed E-state index contributed by atoms with van der Waals surface area (Å²) in [7, 11) is 4.23. The van der Waals surface area contributed by atoms with Gasteiger partial charge in [0, 0.05) is 6.54 Å². The lowest BCUT2D eigenvalue weighted by atomic mass is 9.81. The van der Waals surface area contributed by atoms with E-state index in [9.17, 15) is 0 Å². The Morgan fingerprint density at radius 2 is 2.27 bits per heavy atom. The number of allylic oxidation sites excluding steroid dienone is 2. The standard InChI is InChI=1S/C9H16BN/c1-7-3-4-9(10)8(5-7)6-11-2/h5,11H,3-4,6,10H2,1-2H3. The van der Waals surface area contributed by atoms with Crippen LogP contribution in [0.4, 0.5) is 0 Å². The minimum atomic E-state index is 1.02. The average Bonchev–Trinajstić information content (AvgIpc) is 1.98. The Labute approximate surface area is 70.0 Å². The van der Waals surface area contributed by atoms with Crippen molar-refractivity contribution in [1.82, 2.24) is 5.32 Å². The van der Waals surface area contributed by atoms with E-state index in [1.54, 1.807) is 5.47 Å². The van der Waals surface area contributed by atoms with Crippen LogP contribution in [-0.4, -0.2) is 21.4 Å². The molecule has 11 heavy (non-hydrogen) atoms. The first-order valence-corrected chi connectivity index (χ1v) is 4.24. The van der Waals surface area contributed by atoms with Crippen LogP contribution >= 0.6 is 0 Å². The fourth-order valence-electron chi connectivity index (χ4n) is 1.43. The Balaban J connectivity index is 2.71.